The molecule has 3 fully saturated rings. The molecule has 0 saturated carbocycles. The van der Waals surface area contributed by atoms with E-state index in [1.54, 1.807) is 6.20 Å². The summed E-state index contributed by atoms with van der Waals surface area (Å²) in [7, 11) is 0. The molecule has 1 aromatic heterocycles. The third-order valence-corrected chi connectivity index (χ3v) is 8.67. The fourth-order valence-electron chi connectivity index (χ4n) is 6.55. The lowest BCUT2D eigenvalue weighted by atomic mass is 9.96. The number of carbonyl (C=O) groups excluding carboxylic acids is 2. The number of benzene rings is 1. The van der Waals surface area contributed by atoms with Crippen LogP contribution >= 0.6 is 0 Å². The van der Waals surface area contributed by atoms with Crippen LogP contribution in [0.4, 0.5) is 5.82 Å². The Morgan fingerprint density at radius 1 is 1.00 bits per heavy atom. The van der Waals surface area contributed by atoms with Crippen LogP contribution in [0.3, 0.4) is 0 Å². The molecule has 37 heavy (non-hydrogen) atoms. The topological polar surface area (TPSA) is 86.8 Å². The van der Waals surface area contributed by atoms with Crippen molar-refractivity contribution in [1.82, 2.24) is 20.5 Å². The molecular formula is C29H37N5O3. The summed E-state index contributed by atoms with van der Waals surface area (Å²) in [6, 6.07) is 9.40. The van der Waals surface area contributed by atoms with Gasteiger partial charge in [0.25, 0.3) is 11.8 Å². The van der Waals surface area contributed by atoms with Crippen LogP contribution in [0.15, 0.2) is 30.5 Å². The number of amides is 2. The van der Waals surface area contributed by atoms with E-state index in [-0.39, 0.29) is 23.9 Å². The van der Waals surface area contributed by atoms with Crippen LogP contribution in [0, 0.1) is 6.92 Å². The van der Waals surface area contributed by atoms with Gasteiger partial charge in [0, 0.05) is 61.0 Å². The molecule has 8 heteroatoms. The molecule has 2 bridgehead atoms. The summed E-state index contributed by atoms with van der Waals surface area (Å²) < 4.78 is 5.76. The number of hydrogen-bond donors (Lipinski definition) is 2. The summed E-state index contributed by atoms with van der Waals surface area (Å²) in [5.74, 6) is 1.75. The van der Waals surface area contributed by atoms with Gasteiger partial charge in [-0.3, -0.25) is 14.5 Å². The van der Waals surface area contributed by atoms with Gasteiger partial charge in [-0.05, 0) is 70.2 Å². The zero-order valence-electron chi connectivity index (χ0n) is 22.0. The number of aromatic nitrogens is 1. The number of piperidine rings is 1. The number of likely N-dealkylation sites (tertiary alicyclic amines) is 1. The maximum atomic E-state index is 13.1. The Hall–Kier alpha value is -3.13. The van der Waals surface area contributed by atoms with Crippen LogP contribution in [0.2, 0.25) is 0 Å². The first-order chi connectivity index (χ1) is 17.9. The van der Waals surface area contributed by atoms with Gasteiger partial charge in [-0.15, -0.1) is 0 Å². The number of nitrogens with zero attached hydrogens (tertiary/aromatic N) is 3. The predicted molar refractivity (Wildman–Crippen MR) is 142 cm³/mol. The highest BCUT2D eigenvalue weighted by Gasteiger charge is 2.42. The third kappa shape index (κ3) is 4.56. The zero-order chi connectivity index (χ0) is 25.7. The summed E-state index contributed by atoms with van der Waals surface area (Å²) >= 11 is 0. The van der Waals surface area contributed by atoms with Gasteiger partial charge in [-0.1, -0.05) is 6.07 Å². The van der Waals surface area contributed by atoms with E-state index >= 15 is 0 Å². The third-order valence-electron chi connectivity index (χ3n) is 8.67. The second-order valence-electron chi connectivity index (χ2n) is 11.4. The highest BCUT2D eigenvalue weighted by Crippen LogP contribution is 2.39. The quantitative estimate of drug-likeness (QED) is 0.630. The molecule has 4 aliphatic rings. The van der Waals surface area contributed by atoms with Crippen molar-refractivity contribution < 1.29 is 14.3 Å². The molecule has 8 nitrogen and oxygen atoms in total. The maximum Gasteiger partial charge on any atom is 0.253 e. The Kier molecular flexibility index (Phi) is 6.31. The first kappa shape index (κ1) is 24.2. The summed E-state index contributed by atoms with van der Waals surface area (Å²) in [6.45, 7) is 8.84. The molecular weight excluding hydrogens is 466 g/mol. The normalized spacial score (nSPS) is 25.0. The minimum Gasteiger partial charge on any atom is -0.493 e. The van der Waals surface area contributed by atoms with Crippen LogP contribution in [-0.2, 0) is 6.42 Å². The predicted octanol–water partition coefficient (Wildman–Crippen LogP) is 3.08. The lowest BCUT2D eigenvalue weighted by Gasteiger charge is -2.42. The smallest absolute Gasteiger partial charge is 0.253 e. The number of ether oxygens (including phenoxy) is 1. The first-order valence-corrected chi connectivity index (χ1v) is 13.7. The van der Waals surface area contributed by atoms with E-state index in [0.29, 0.717) is 35.9 Å². The van der Waals surface area contributed by atoms with Crippen LogP contribution in [0.5, 0.6) is 5.75 Å². The van der Waals surface area contributed by atoms with Gasteiger partial charge < -0.3 is 20.3 Å². The molecule has 1 unspecified atom stereocenters. The summed E-state index contributed by atoms with van der Waals surface area (Å²) in [5.41, 5.74) is 3.45. The number of anilines is 1. The van der Waals surface area contributed by atoms with E-state index in [9.17, 15) is 9.59 Å². The number of pyridine rings is 1. The van der Waals surface area contributed by atoms with Gasteiger partial charge in [0.05, 0.1) is 18.2 Å². The van der Waals surface area contributed by atoms with Crippen molar-refractivity contribution in [2.24, 2.45) is 0 Å². The van der Waals surface area contributed by atoms with Gasteiger partial charge >= 0.3 is 0 Å². The van der Waals surface area contributed by atoms with Gasteiger partial charge in [-0.2, -0.15) is 0 Å². The number of fused-ring (bicyclic) bond motifs is 3. The molecule has 196 valence electrons. The molecule has 4 aliphatic heterocycles. The second-order valence-corrected chi connectivity index (χ2v) is 11.4. The van der Waals surface area contributed by atoms with Crippen molar-refractivity contribution in [3.63, 3.8) is 0 Å². The standard InChI is InChI=1S/C29H37N5O3/c1-17(2)33-15-22(16-33)32-28(35)20-5-9-26(30-14-20)34-23-6-7-24(34)13-21(12-23)31-29(36)25-8-4-19-10-11-37-27(19)18(25)3/h4-5,8-9,14,17,21-24H,6-7,10-13,15-16H2,1-3H3,(H,31,36)(H,32,35)/t21?,23-,24+. The molecule has 5 heterocycles. The monoisotopic (exact) mass is 503 g/mol. The molecule has 1 aromatic carbocycles. The molecule has 3 saturated heterocycles. The minimum absolute atomic E-state index is 0.00915. The lowest BCUT2D eigenvalue weighted by molar-refractivity contribution is 0.0713. The first-order valence-electron chi connectivity index (χ1n) is 13.7. The molecule has 2 aromatic rings. The number of hydrogen-bond acceptors (Lipinski definition) is 6. The molecule has 3 atom stereocenters. The molecule has 0 radical (unpaired) electrons. The Morgan fingerprint density at radius 2 is 1.73 bits per heavy atom. The van der Waals surface area contributed by atoms with Crippen LogP contribution in [0.25, 0.3) is 0 Å². The fraction of sp³-hybridized carbons (Fsp3) is 0.552. The molecule has 0 spiro atoms. The average molecular weight is 504 g/mol. The molecule has 2 amide bonds. The summed E-state index contributed by atoms with van der Waals surface area (Å²) in [5, 5.41) is 6.42. The number of nitrogens with one attached hydrogen (secondary N) is 2. The average Bonchev–Trinajstić information content (AvgIpc) is 3.44. The van der Waals surface area contributed by atoms with E-state index in [1.807, 2.05) is 31.2 Å². The minimum atomic E-state index is -0.0518. The Morgan fingerprint density at radius 3 is 2.41 bits per heavy atom. The van der Waals surface area contributed by atoms with Crippen LogP contribution in [0.1, 0.15) is 71.4 Å². The highest BCUT2D eigenvalue weighted by molar-refractivity contribution is 5.97. The van der Waals surface area contributed by atoms with Gasteiger partial charge in [0.1, 0.15) is 11.6 Å². The fourth-order valence-corrected chi connectivity index (χ4v) is 6.55. The van der Waals surface area contributed by atoms with Crippen molar-refractivity contribution >= 4 is 17.6 Å². The van der Waals surface area contributed by atoms with Gasteiger partial charge in [0.15, 0.2) is 0 Å². The Bertz CT molecular complexity index is 1180. The van der Waals surface area contributed by atoms with E-state index in [0.717, 1.165) is 62.3 Å². The van der Waals surface area contributed by atoms with Gasteiger partial charge in [-0.25, -0.2) is 4.98 Å². The van der Waals surface area contributed by atoms with Crippen molar-refractivity contribution in [2.45, 2.75) is 83.1 Å². The Balaban J connectivity index is 1.06. The summed E-state index contributed by atoms with van der Waals surface area (Å²) in [6.07, 6.45) is 6.62. The largest absolute Gasteiger partial charge is 0.493 e. The van der Waals surface area contributed by atoms with Crippen molar-refractivity contribution in [1.29, 1.82) is 0 Å². The van der Waals surface area contributed by atoms with Crippen LogP contribution < -0.4 is 20.3 Å². The Labute approximate surface area is 218 Å². The van der Waals surface area contributed by atoms with Crippen molar-refractivity contribution in [2.75, 3.05) is 24.6 Å². The van der Waals surface area contributed by atoms with Crippen molar-refractivity contribution in [3.05, 3.63) is 52.7 Å². The van der Waals surface area contributed by atoms with E-state index < -0.39 is 0 Å². The van der Waals surface area contributed by atoms with E-state index in [4.69, 9.17) is 9.72 Å². The summed E-state index contributed by atoms with van der Waals surface area (Å²) in [4.78, 5) is 35.3. The molecule has 6 rings (SSSR count). The highest BCUT2D eigenvalue weighted by atomic mass is 16.5. The second kappa shape index (κ2) is 9.63. The van der Waals surface area contributed by atoms with E-state index in [2.05, 4.69) is 34.3 Å². The van der Waals surface area contributed by atoms with Gasteiger partial charge in [0.2, 0.25) is 0 Å². The maximum absolute atomic E-state index is 13.1. The SMILES string of the molecule is Cc1c(C(=O)NC2C[C@H]3CC[C@@H](C2)N3c2ccc(C(=O)NC3CN(C(C)C)C3)cn2)ccc2c1OCC2. The van der Waals surface area contributed by atoms with Crippen LogP contribution in [-0.4, -0.2) is 71.6 Å². The lowest BCUT2D eigenvalue weighted by Crippen LogP contribution is -2.61. The molecule has 0 aliphatic carbocycles. The number of carbonyl (C=O) groups is 2. The van der Waals surface area contributed by atoms with Crippen molar-refractivity contribution in [3.8, 4) is 5.75 Å². The zero-order valence-corrected chi connectivity index (χ0v) is 22.0. The number of rotatable bonds is 6. The van der Waals surface area contributed by atoms with E-state index in [1.165, 1.54) is 5.56 Å². The molecule has 2 N–H and O–H groups in total.